The smallest absolute Gasteiger partial charge is 0.358 e. The van der Waals surface area contributed by atoms with Gasteiger partial charge in [0.05, 0.1) is 18.7 Å². The maximum absolute atomic E-state index is 13.6. The number of nitrogen functional groups attached to an aromatic ring is 1. The predicted molar refractivity (Wildman–Crippen MR) is 165 cm³/mol. The van der Waals surface area contributed by atoms with Crippen molar-refractivity contribution in [3.8, 4) is 0 Å². The summed E-state index contributed by atoms with van der Waals surface area (Å²) in [4.78, 5) is 59.4. The van der Waals surface area contributed by atoms with Crippen LogP contribution in [0.15, 0.2) is 21.8 Å². The second-order valence-corrected chi connectivity index (χ2v) is 13.7. The number of hydrogen-bond acceptors (Lipinski definition) is 15. The number of aromatic nitrogens is 5. The van der Waals surface area contributed by atoms with Crippen LogP contribution >= 0.6 is 34.9 Å². The Hall–Kier alpha value is -3.22. The third-order valence-corrected chi connectivity index (χ3v) is 9.99. The van der Waals surface area contributed by atoms with E-state index in [0.29, 0.717) is 39.6 Å². The highest BCUT2D eigenvalue weighted by molar-refractivity contribution is 8.01. The number of anilines is 1. The van der Waals surface area contributed by atoms with Crippen molar-refractivity contribution < 1.29 is 28.7 Å². The van der Waals surface area contributed by atoms with E-state index in [9.17, 15) is 19.2 Å². The molecule has 2 aliphatic rings. The molecule has 4 rings (SSSR count). The second kappa shape index (κ2) is 15.2. The van der Waals surface area contributed by atoms with Gasteiger partial charge in [-0.1, -0.05) is 32.0 Å². The first-order chi connectivity index (χ1) is 21.0. The lowest BCUT2D eigenvalue weighted by Crippen LogP contribution is -2.70. The molecule has 4 atom stereocenters. The first kappa shape index (κ1) is 33.7. The van der Waals surface area contributed by atoms with Crippen molar-refractivity contribution in [3.63, 3.8) is 0 Å². The maximum atomic E-state index is 13.6. The average Bonchev–Trinajstić information content (AvgIpc) is 3.60. The zero-order valence-electron chi connectivity index (χ0n) is 25.2. The number of fused-ring (bicyclic) bond motifs is 1. The van der Waals surface area contributed by atoms with Gasteiger partial charge in [-0.25, -0.2) is 14.5 Å². The van der Waals surface area contributed by atoms with E-state index in [4.69, 9.17) is 15.2 Å². The van der Waals surface area contributed by atoms with Gasteiger partial charge in [-0.15, -0.1) is 28.2 Å². The van der Waals surface area contributed by atoms with Crippen LogP contribution in [0.25, 0.3) is 0 Å². The molecule has 0 radical (unpaired) electrons. The van der Waals surface area contributed by atoms with E-state index in [1.165, 1.54) is 46.7 Å². The van der Waals surface area contributed by atoms with E-state index in [-0.39, 0.29) is 30.4 Å². The Bertz CT molecular complexity index is 1400. The summed E-state index contributed by atoms with van der Waals surface area (Å²) in [5.41, 5.74) is 6.88. The van der Waals surface area contributed by atoms with Gasteiger partial charge in [0.15, 0.2) is 5.13 Å². The molecule has 0 aliphatic carbocycles. The number of esters is 2. The third kappa shape index (κ3) is 8.48. The minimum Gasteiger partial charge on any atom is -0.425 e. The molecule has 4 heterocycles. The lowest BCUT2D eigenvalue weighted by molar-refractivity contribution is -0.184. The van der Waals surface area contributed by atoms with Gasteiger partial charge >= 0.3 is 11.9 Å². The van der Waals surface area contributed by atoms with Crippen molar-refractivity contribution in [2.24, 2.45) is 5.92 Å². The van der Waals surface area contributed by atoms with Crippen molar-refractivity contribution in [2.75, 3.05) is 37.9 Å². The summed E-state index contributed by atoms with van der Waals surface area (Å²) in [7, 11) is 3.90. The van der Waals surface area contributed by atoms with E-state index in [1.54, 1.807) is 10.1 Å². The van der Waals surface area contributed by atoms with Crippen LogP contribution in [0, 0.1) is 5.92 Å². The molecule has 0 saturated carbocycles. The van der Waals surface area contributed by atoms with Crippen molar-refractivity contribution >= 4 is 63.7 Å². The predicted octanol–water partition coefficient (Wildman–Crippen LogP) is 1.13. The lowest BCUT2D eigenvalue weighted by Gasteiger charge is -2.49. The number of likely N-dealkylation sites (N-methyl/N-ethyl adjacent to an activating group) is 1. The van der Waals surface area contributed by atoms with Gasteiger partial charge < -0.3 is 25.4 Å². The molecule has 44 heavy (non-hydrogen) atoms. The number of hydrogen-bond donors (Lipinski definition) is 2. The number of tetrazole rings is 1. The number of nitrogens with zero attached hydrogens (tertiary/aromatic N) is 7. The van der Waals surface area contributed by atoms with Crippen LogP contribution in [0.3, 0.4) is 0 Å². The molecule has 1 fully saturated rings. The Morgan fingerprint density at radius 2 is 2.05 bits per heavy atom. The monoisotopic (exact) mass is 667 g/mol. The normalized spacial score (nSPS) is 19.3. The summed E-state index contributed by atoms with van der Waals surface area (Å²) in [6.07, 6.45) is -0.182. The zero-order valence-corrected chi connectivity index (χ0v) is 27.7. The van der Waals surface area contributed by atoms with Crippen LogP contribution in [0.4, 0.5) is 5.13 Å². The highest BCUT2D eigenvalue weighted by Gasteiger charge is 2.54. The molecule has 2 aliphatic heterocycles. The molecule has 0 bridgehead atoms. The van der Waals surface area contributed by atoms with Gasteiger partial charge in [0.1, 0.15) is 17.1 Å². The number of carbonyl (C=O) groups excluding carboxylic acids is 4. The molecular weight excluding hydrogens is 631 g/mol. The fourth-order valence-corrected chi connectivity index (χ4v) is 7.31. The number of ether oxygens (including phenoxy) is 2. The van der Waals surface area contributed by atoms with Gasteiger partial charge in [-0.2, -0.15) is 0 Å². The summed E-state index contributed by atoms with van der Waals surface area (Å²) < 4.78 is 12.5. The Balaban J connectivity index is 1.49. The maximum Gasteiger partial charge on any atom is 0.358 e. The van der Waals surface area contributed by atoms with Crippen LogP contribution in [0.5, 0.6) is 0 Å². The van der Waals surface area contributed by atoms with E-state index in [2.05, 4.69) is 25.8 Å². The topological polar surface area (TPSA) is 188 Å². The van der Waals surface area contributed by atoms with E-state index >= 15 is 0 Å². The van der Waals surface area contributed by atoms with E-state index in [1.807, 2.05) is 32.8 Å². The number of β-lactam (4-membered cyclic amide) rings is 1. The van der Waals surface area contributed by atoms with Crippen LogP contribution < -0.4 is 11.1 Å². The van der Waals surface area contributed by atoms with Crippen LogP contribution in [-0.2, 0) is 41.6 Å². The fourth-order valence-electron chi connectivity index (χ4n) is 4.35. The summed E-state index contributed by atoms with van der Waals surface area (Å²) in [5, 5.41) is 16.8. The molecule has 18 heteroatoms. The highest BCUT2D eigenvalue weighted by atomic mass is 32.2. The largest absolute Gasteiger partial charge is 0.425 e. The number of nitrogens with one attached hydrogen (secondary N) is 1. The second-order valence-electron chi connectivity index (χ2n) is 10.7. The minimum absolute atomic E-state index is 0.0242. The lowest BCUT2D eigenvalue weighted by atomic mass is 10.0. The average molecular weight is 668 g/mol. The van der Waals surface area contributed by atoms with Gasteiger partial charge in [-0.3, -0.25) is 19.3 Å². The molecule has 2 unspecified atom stereocenters. The molecule has 0 spiro atoms. The Kier molecular flexibility index (Phi) is 11.6. The molecular formula is C26H37N9O6S3. The van der Waals surface area contributed by atoms with Crippen molar-refractivity contribution in [2.45, 2.75) is 69.4 Å². The first-order valence-electron chi connectivity index (χ1n) is 14.1. The van der Waals surface area contributed by atoms with Crippen molar-refractivity contribution in [1.29, 1.82) is 0 Å². The zero-order chi connectivity index (χ0) is 32.0. The number of thiazole rings is 1. The standard InChI is InChI=1S/C26H37N9O6S3/c1-6-14(2)9-19(37)40-15(3)41-24(39)21-16(12-44-26-30-31-32-34(26)8-7-33(4)5)11-42-23-20(22(38)35(21)23)29-18(36)10-17-13-43-25(27)28-17/h13-15,20,23H,6-12H2,1-5H3,(H2,27,28)(H,29,36)/t14?,15?,20-,23+/m1/s1. The Morgan fingerprint density at radius 3 is 2.73 bits per heavy atom. The van der Waals surface area contributed by atoms with E-state index in [0.717, 1.165) is 13.0 Å². The molecule has 15 nitrogen and oxygen atoms in total. The van der Waals surface area contributed by atoms with Gasteiger partial charge in [0.25, 0.3) is 5.91 Å². The summed E-state index contributed by atoms with van der Waals surface area (Å²) in [6.45, 7) is 6.67. The first-order valence-corrected chi connectivity index (χ1v) is 17.0. The molecule has 3 N–H and O–H groups in total. The van der Waals surface area contributed by atoms with Gasteiger partial charge in [0.2, 0.25) is 17.4 Å². The summed E-state index contributed by atoms with van der Waals surface area (Å²) in [5.74, 6) is -1.27. The molecule has 0 aromatic carbocycles. The molecule has 2 aromatic rings. The van der Waals surface area contributed by atoms with Gasteiger partial charge in [0, 0.05) is 36.8 Å². The number of nitrogens with two attached hydrogens (primary N) is 1. The van der Waals surface area contributed by atoms with Crippen LogP contribution in [0.2, 0.25) is 0 Å². The molecule has 1 saturated heterocycles. The highest BCUT2D eigenvalue weighted by Crippen LogP contribution is 2.42. The van der Waals surface area contributed by atoms with Crippen molar-refractivity contribution in [3.05, 3.63) is 22.3 Å². The van der Waals surface area contributed by atoms with Gasteiger partial charge in [-0.05, 0) is 36.0 Å². The summed E-state index contributed by atoms with van der Waals surface area (Å²) >= 11 is 3.99. The van der Waals surface area contributed by atoms with Crippen LogP contribution in [0.1, 0.15) is 39.3 Å². The SMILES string of the molecule is CCC(C)CC(=O)OC(C)OC(=O)C1=C(CSc2nnnn2CCN(C)C)CS[C@H]2[C@H](NC(=O)Cc3csc(N)n3)C(=O)N12. The quantitative estimate of drug-likeness (QED) is 0.119. The number of carbonyl (C=O) groups is 4. The van der Waals surface area contributed by atoms with Crippen molar-refractivity contribution in [1.82, 2.24) is 40.3 Å². The fraction of sp³-hybridized carbons (Fsp3) is 0.615. The third-order valence-electron chi connectivity index (χ3n) is 6.88. The minimum atomic E-state index is -1.16. The Morgan fingerprint density at radius 1 is 1.27 bits per heavy atom. The molecule has 240 valence electrons. The Labute approximate surface area is 267 Å². The van der Waals surface area contributed by atoms with E-state index < -0.39 is 35.6 Å². The number of rotatable bonds is 15. The molecule has 2 amide bonds. The summed E-state index contributed by atoms with van der Waals surface area (Å²) in [6, 6.07) is -0.829. The number of thioether (sulfide) groups is 2. The number of amides is 2. The molecule has 2 aromatic heterocycles. The van der Waals surface area contributed by atoms with Crippen LogP contribution in [-0.4, -0.2) is 109 Å².